The zero-order valence-electron chi connectivity index (χ0n) is 10.5. The van der Waals surface area contributed by atoms with Crippen molar-refractivity contribution in [2.24, 2.45) is 0 Å². The number of para-hydroxylation sites is 1. The molecular weight excluding hydrogens is 240 g/mol. The molecule has 0 bridgehead atoms. The Balaban J connectivity index is 1.88. The van der Waals surface area contributed by atoms with Gasteiger partial charge in [-0.2, -0.15) is 0 Å². The van der Waals surface area contributed by atoms with E-state index in [4.69, 9.17) is 4.74 Å². The molecular formula is C15H14N2O2. The molecule has 4 heteroatoms. The van der Waals surface area contributed by atoms with E-state index in [9.17, 15) is 4.79 Å². The van der Waals surface area contributed by atoms with Crippen molar-refractivity contribution in [1.82, 2.24) is 9.97 Å². The lowest BCUT2D eigenvalue weighted by atomic mass is 10.1. The summed E-state index contributed by atoms with van der Waals surface area (Å²) in [5.41, 5.74) is 2.78. The summed E-state index contributed by atoms with van der Waals surface area (Å²) < 4.78 is 5.69. The van der Waals surface area contributed by atoms with Gasteiger partial charge in [-0.1, -0.05) is 12.1 Å². The van der Waals surface area contributed by atoms with Gasteiger partial charge in [-0.05, 0) is 24.5 Å². The summed E-state index contributed by atoms with van der Waals surface area (Å²) in [7, 11) is 0. The number of rotatable bonds is 2. The van der Waals surface area contributed by atoms with Crippen molar-refractivity contribution in [1.29, 1.82) is 0 Å². The van der Waals surface area contributed by atoms with Gasteiger partial charge in [0.2, 0.25) is 0 Å². The van der Waals surface area contributed by atoms with Crippen molar-refractivity contribution in [3.05, 3.63) is 46.0 Å². The minimum Gasteiger partial charge on any atom is -0.492 e. The van der Waals surface area contributed by atoms with Gasteiger partial charge in [-0.3, -0.25) is 4.79 Å². The van der Waals surface area contributed by atoms with Crippen molar-refractivity contribution in [2.45, 2.75) is 25.2 Å². The fourth-order valence-electron chi connectivity index (χ4n) is 2.58. The molecule has 1 fully saturated rings. The molecule has 4 nitrogen and oxygen atoms in total. The van der Waals surface area contributed by atoms with Crippen molar-refractivity contribution >= 4 is 0 Å². The molecule has 2 heterocycles. The molecule has 2 aromatic rings. The van der Waals surface area contributed by atoms with Crippen molar-refractivity contribution < 1.29 is 4.74 Å². The first-order valence-electron chi connectivity index (χ1n) is 6.67. The number of fused-ring (bicyclic) bond motifs is 1. The highest BCUT2D eigenvalue weighted by Crippen LogP contribution is 2.39. The van der Waals surface area contributed by atoms with E-state index in [0.717, 1.165) is 42.1 Å². The Kier molecular flexibility index (Phi) is 2.24. The van der Waals surface area contributed by atoms with E-state index in [1.165, 1.54) is 5.56 Å². The van der Waals surface area contributed by atoms with Crippen LogP contribution in [0.2, 0.25) is 0 Å². The fourth-order valence-corrected chi connectivity index (χ4v) is 2.58. The average molecular weight is 254 g/mol. The van der Waals surface area contributed by atoms with Crippen LogP contribution in [0.5, 0.6) is 5.75 Å². The molecule has 96 valence electrons. The molecule has 1 aliphatic heterocycles. The van der Waals surface area contributed by atoms with Gasteiger partial charge in [0, 0.05) is 24.0 Å². The lowest BCUT2D eigenvalue weighted by Gasteiger charge is -2.08. The number of H-pyrrole nitrogens is 1. The van der Waals surface area contributed by atoms with Gasteiger partial charge in [0.25, 0.3) is 5.56 Å². The van der Waals surface area contributed by atoms with Crippen LogP contribution in [0.15, 0.2) is 29.1 Å². The van der Waals surface area contributed by atoms with Gasteiger partial charge in [0.1, 0.15) is 11.6 Å². The summed E-state index contributed by atoms with van der Waals surface area (Å²) in [6.45, 7) is 0.713. The van der Waals surface area contributed by atoms with E-state index in [1.54, 1.807) is 6.07 Å². The first kappa shape index (κ1) is 10.8. The van der Waals surface area contributed by atoms with E-state index in [2.05, 4.69) is 16.0 Å². The quantitative estimate of drug-likeness (QED) is 0.894. The number of hydrogen-bond donors (Lipinski definition) is 1. The van der Waals surface area contributed by atoms with Gasteiger partial charge < -0.3 is 9.72 Å². The normalized spacial score (nSPS) is 17.1. The van der Waals surface area contributed by atoms with E-state index in [0.29, 0.717) is 12.5 Å². The molecule has 0 saturated heterocycles. The first-order chi connectivity index (χ1) is 9.31. The average Bonchev–Trinajstić information content (AvgIpc) is 3.15. The van der Waals surface area contributed by atoms with Gasteiger partial charge in [0.15, 0.2) is 0 Å². The van der Waals surface area contributed by atoms with Gasteiger partial charge in [-0.15, -0.1) is 0 Å². The zero-order valence-corrected chi connectivity index (χ0v) is 10.5. The monoisotopic (exact) mass is 254 g/mol. The summed E-state index contributed by atoms with van der Waals surface area (Å²) in [5, 5.41) is 0. The summed E-state index contributed by atoms with van der Waals surface area (Å²) in [5.74, 6) is 2.14. The number of ether oxygens (including phenoxy) is 1. The van der Waals surface area contributed by atoms with Crippen LogP contribution in [0, 0.1) is 0 Å². The number of nitrogens with zero attached hydrogens (tertiary/aromatic N) is 1. The maximum absolute atomic E-state index is 11.8. The van der Waals surface area contributed by atoms with Crippen LogP contribution < -0.4 is 10.3 Å². The van der Waals surface area contributed by atoms with Crippen LogP contribution in [-0.4, -0.2) is 16.6 Å². The second-order valence-electron chi connectivity index (χ2n) is 5.18. The highest BCUT2D eigenvalue weighted by atomic mass is 16.5. The maximum Gasteiger partial charge on any atom is 0.251 e. The Morgan fingerprint density at radius 2 is 2.21 bits per heavy atom. The summed E-state index contributed by atoms with van der Waals surface area (Å²) in [6.07, 6.45) is 3.17. The van der Waals surface area contributed by atoms with E-state index in [1.807, 2.05) is 12.1 Å². The summed E-state index contributed by atoms with van der Waals surface area (Å²) in [4.78, 5) is 19.2. The van der Waals surface area contributed by atoms with Gasteiger partial charge >= 0.3 is 0 Å². The van der Waals surface area contributed by atoms with Crippen molar-refractivity contribution in [3.8, 4) is 17.0 Å². The van der Waals surface area contributed by atoms with Crippen molar-refractivity contribution in [3.63, 3.8) is 0 Å². The highest BCUT2D eigenvalue weighted by Gasteiger charge is 2.27. The Labute approximate surface area is 110 Å². The topological polar surface area (TPSA) is 55.0 Å². The molecule has 0 spiro atoms. The van der Waals surface area contributed by atoms with Crippen LogP contribution in [-0.2, 0) is 6.42 Å². The predicted octanol–water partition coefficient (Wildman–Crippen LogP) is 2.25. The smallest absolute Gasteiger partial charge is 0.251 e. The molecule has 1 aromatic heterocycles. The third-order valence-corrected chi connectivity index (χ3v) is 3.71. The third kappa shape index (κ3) is 1.84. The molecule has 1 aromatic carbocycles. The van der Waals surface area contributed by atoms with E-state index < -0.39 is 0 Å². The minimum atomic E-state index is -0.0810. The third-order valence-electron chi connectivity index (χ3n) is 3.71. The summed E-state index contributed by atoms with van der Waals surface area (Å²) in [6, 6.07) is 7.61. The molecule has 0 radical (unpaired) electrons. The Morgan fingerprint density at radius 3 is 3.05 bits per heavy atom. The number of hydrogen-bond acceptors (Lipinski definition) is 3. The highest BCUT2D eigenvalue weighted by molar-refractivity contribution is 5.69. The molecule has 0 amide bonds. The molecule has 1 aliphatic carbocycles. The van der Waals surface area contributed by atoms with Crippen molar-refractivity contribution in [2.75, 3.05) is 6.61 Å². The van der Waals surface area contributed by atoms with Gasteiger partial charge in [0.05, 0.1) is 12.3 Å². The molecule has 4 rings (SSSR count). The minimum absolute atomic E-state index is 0.0810. The number of benzene rings is 1. The Morgan fingerprint density at radius 1 is 1.32 bits per heavy atom. The number of nitrogens with one attached hydrogen (secondary N) is 1. The second kappa shape index (κ2) is 3.95. The first-order valence-corrected chi connectivity index (χ1v) is 6.67. The maximum atomic E-state index is 11.8. The molecule has 0 atom stereocenters. The van der Waals surface area contributed by atoms with Crippen LogP contribution in [0.1, 0.15) is 30.1 Å². The van der Waals surface area contributed by atoms with Gasteiger partial charge in [-0.25, -0.2) is 4.98 Å². The lowest BCUT2D eigenvalue weighted by molar-refractivity contribution is 0.358. The number of aromatic amines is 1. The van der Waals surface area contributed by atoms with E-state index >= 15 is 0 Å². The second-order valence-corrected chi connectivity index (χ2v) is 5.18. The molecule has 2 aliphatic rings. The molecule has 1 N–H and O–H groups in total. The van der Waals surface area contributed by atoms with Crippen LogP contribution in [0.25, 0.3) is 11.3 Å². The molecule has 1 saturated carbocycles. The van der Waals surface area contributed by atoms with Crippen LogP contribution >= 0.6 is 0 Å². The summed E-state index contributed by atoms with van der Waals surface area (Å²) >= 11 is 0. The Bertz CT molecular complexity index is 702. The largest absolute Gasteiger partial charge is 0.492 e. The Hall–Kier alpha value is -2.10. The van der Waals surface area contributed by atoms with Crippen LogP contribution in [0.4, 0.5) is 0 Å². The lowest BCUT2D eigenvalue weighted by Crippen LogP contribution is -2.10. The molecule has 19 heavy (non-hydrogen) atoms. The standard InChI is InChI=1S/C15H14N2O2/c18-13-8-12(16-15(17-13)10-4-5-10)11-3-1-2-9-6-7-19-14(9)11/h1-3,8,10H,4-7H2,(H,16,17,18). The molecule has 0 unspecified atom stereocenters. The SMILES string of the molecule is O=c1cc(-c2cccc3c2OCC3)nc(C2CC2)[nH]1. The number of aromatic nitrogens is 2. The predicted molar refractivity (Wildman–Crippen MR) is 71.5 cm³/mol. The van der Waals surface area contributed by atoms with E-state index in [-0.39, 0.29) is 5.56 Å². The fraction of sp³-hybridized carbons (Fsp3) is 0.333. The zero-order chi connectivity index (χ0) is 12.8. The van der Waals surface area contributed by atoms with Crippen LogP contribution in [0.3, 0.4) is 0 Å².